The zero-order valence-electron chi connectivity index (χ0n) is 17.8. The summed E-state index contributed by atoms with van der Waals surface area (Å²) in [5, 5.41) is 9.57. The highest BCUT2D eigenvalue weighted by molar-refractivity contribution is 7.87. The third-order valence-electron chi connectivity index (χ3n) is 4.62. The second-order valence-electron chi connectivity index (χ2n) is 7.12. The van der Waals surface area contributed by atoms with Crippen LogP contribution in [-0.2, 0) is 21.2 Å². The Labute approximate surface area is 201 Å². The highest BCUT2D eigenvalue weighted by atomic mass is 35.5. The van der Waals surface area contributed by atoms with E-state index in [1.807, 2.05) is 9.44 Å². The molecule has 3 N–H and O–H groups in total. The maximum Gasteiger partial charge on any atom is 0.416 e. The van der Waals surface area contributed by atoms with Crippen molar-refractivity contribution in [1.29, 1.82) is 0 Å². The fourth-order valence-corrected chi connectivity index (χ4v) is 4.26. The molecule has 0 saturated heterocycles. The van der Waals surface area contributed by atoms with Gasteiger partial charge in [0, 0.05) is 12.6 Å². The Hall–Kier alpha value is -3.13. The second-order valence-corrected chi connectivity index (χ2v) is 9.06. The number of halogens is 4. The number of hydrogen-bond donors (Lipinski definition) is 3. The summed E-state index contributed by atoms with van der Waals surface area (Å²) in [7, 11) is -4.22. The van der Waals surface area contributed by atoms with E-state index in [1.54, 1.807) is 0 Å². The Morgan fingerprint density at radius 1 is 1.23 bits per heavy atom. The molecule has 0 aliphatic heterocycles. The molecule has 2 aromatic carbocycles. The lowest BCUT2D eigenvalue weighted by atomic mass is 10.1. The van der Waals surface area contributed by atoms with Gasteiger partial charge in [0.1, 0.15) is 18.1 Å². The fourth-order valence-electron chi connectivity index (χ4n) is 3.05. The van der Waals surface area contributed by atoms with E-state index in [1.165, 1.54) is 25.1 Å². The topological polar surface area (TPSA) is 135 Å². The molecule has 0 bridgehead atoms. The Balaban J connectivity index is 2.06. The average Bonchev–Trinajstić information content (AvgIpc) is 2.76. The summed E-state index contributed by atoms with van der Waals surface area (Å²) in [5.74, 6) is -2.33. The van der Waals surface area contributed by atoms with E-state index in [0.717, 1.165) is 18.2 Å². The van der Waals surface area contributed by atoms with E-state index in [-0.39, 0.29) is 33.9 Å². The average molecular weight is 535 g/mol. The van der Waals surface area contributed by atoms with Crippen LogP contribution in [0.3, 0.4) is 0 Å². The van der Waals surface area contributed by atoms with Gasteiger partial charge in [-0.2, -0.15) is 26.3 Å². The number of benzene rings is 2. The van der Waals surface area contributed by atoms with E-state index in [2.05, 4.69) is 0 Å². The Morgan fingerprint density at radius 2 is 1.94 bits per heavy atom. The lowest BCUT2D eigenvalue weighted by Gasteiger charge is -2.18. The summed E-state index contributed by atoms with van der Waals surface area (Å²) in [6.45, 7) is 0.542. The highest BCUT2D eigenvalue weighted by Gasteiger charge is 2.32. The molecule has 1 unspecified atom stereocenters. The van der Waals surface area contributed by atoms with Gasteiger partial charge in [-0.1, -0.05) is 24.6 Å². The van der Waals surface area contributed by atoms with Gasteiger partial charge in [-0.05, 0) is 30.3 Å². The third kappa shape index (κ3) is 6.31. The summed E-state index contributed by atoms with van der Waals surface area (Å²) >= 11 is 6.09. The molecule has 0 radical (unpaired) electrons. The summed E-state index contributed by atoms with van der Waals surface area (Å²) in [6.07, 6.45) is -4.77. The molecule has 14 heteroatoms. The number of ether oxygens (including phenoxy) is 1. The minimum atomic E-state index is -4.77. The minimum Gasteiger partial charge on any atom is -0.491 e. The Bertz CT molecular complexity index is 1420. The summed E-state index contributed by atoms with van der Waals surface area (Å²) < 4.78 is 78.6. The first-order chi connectivity index (χ1) is 16.3. The molecule has 1 heterocycles. The van der Waals surface area contributed by atoms with Crippen molar-refractivity contribution in [3.8, 4) is 17.1 Å². The number of alkyl halides is 3. The smallest absolute Gasteiger partial charge is 0.416 e. The quantitative estimate of drug-likeness (QED) is 0.383. The molecule has 188 valence electrons. The van der Waals surface area contributed by atoms with Gasteiger partial charge < -0.3 is 14.3 Å². The SMILES string of the molecule is CCNS(=O)(=O)NC(COc1cc(C(F)(F)F)ccc1-c1cc(=O)c2cccc(Cl)c2o1)C(=O)O. The molecular weight excluding hydrogens is 517 g/mol. The van der Waals surface area contributed by atoms with E-state index >= 15 is 0 Å². The number of rotatable bonds is 9. The van der Waals surface area contributed by atoms with Crippen molar-refractivity contribution in [1.82, 2.24) is 9.44 Å². The van der Waals surface area contributed by atoms with E-state index in [9.17, 15) is 36.3 Å². The van der Waals surface area contributed by atoms with Crippen molar-refractivity contribution in [2.45, 2.75) is 19.1 Å². The molecule has 0 aliphatic carbocycles. The molecule has 0 saturated carbocycles. The van der Waals surface area contributed by atoms with Gasteiger partial charge in [0.25, 0.3) is 10.2 Å². The largest absolute Gasteiger partial charge is 0.491 e. The molecule has 1 aromatic heterocycles. The van der Waals surface area contributed by atoms with Crippen LogP contribution >= 0.6 is 11.6 Å². The van der Waals surface area contributed by atoms with Crippen LogP contribution in [0.2, 0.25) is 5.02 Å². The van der Waals surface area contributed by atoms with Crippen molar-refractivity contribution >= 4 is 38.7 Å². The number of fused-ring (bicyclic) bond motifs is 1. The van der Waals surface area contributed by atoms with Gasteiger partial charge in [-0.15, -0.1) is 0 Å². The fraction of sp³-hybridized carbons (Fsp3) is 0.238. The van der Waals surface area contributed by atoms with Crippen LogP contribution in [0.1, 0.15) is 12.5 Å². The summed E-state index contributed by atoms with van der Waals surface area (Å²) in [4.78, 5) is 24.1. The molecule has 3 rings (SSSR count). The van der Waals surface area contributed by atoms with E-state index in [4.69, 9.17) is 20.8 Å². The standard InChI is InChI=1S/C21H18ClF3N2O7S/c1-2-26-35(31,32)27-15(20(29)30)10-33-17-8-11(21(23,24)25)6-7-13(17)18-9-16(28)12-4-3-5-14(22)19(12)34-18/h3-9,15,26-27H,2,10H2,1H3,(H,29,30). The molecule has 0 spiro atoms. The molecular formula is C21H18ClF3N2O7S. The van der Waals surface area contributed by atoms with Crippen molar-refractivity contribution < 1.29 is 40.6 Å². The first-order valence-corrected chi connectivity index (χ1v) is 11.7. The molecule has 0 aliphatic rings. The molecule has 9 nitrogen and oxygen atoms in total. The van der Waals surface area contributed by atoms with Crippen molar-refractivity contribution in [2.75, 3.05) is 13.2 Å². The predicted octanol–water partition coefficient (Wildman–Crippen LogP) is 3.41. The predicted molar refractivity (Wildman–Crippen MR) is 121 cm³/mol. The number of nitrogens with one attached hydrogen (secondary N) is 2. The van der Waals surface area contributed by atoms with Crippen LogP contribution in [0.4, 0.5) is 13.2 Å². The summed E-state index contributed by atoms with van der Waals surface area (Å²) in [5.41, 5.74) is -1.78. The minimum absolute atomic E-state index is 0.00988. The number of carboxylic acids is 1. The summed E-state index contributed by atoms with van der Waals surface area (Å²) in [6, 6.07) is 5.90. The zero-order chi connectivity index (χ0) is 26.0. The number of hydrogen-bond acceptors (Lipinski definition) is 6. The Morgan fingerprint density at radius 3 is 2.57 bits per heavy atom. The van der Waals surface area contributed by atoms with Crippen LogP contribution in [-0.4, -0.2) is 38.7 Å². The Kier molecular flexibility index (Phi) is 7.74. The van der Waals surface area contributed by atoms with Crippen LogP contribution < -0.4 is 19.6 Å². The molecule has 0 amide bonds. The van der Waals surface area contributed by atoms with Gasteiger partial charge in [0.15, 0.2) is 17.1 Å². The van der Waals surface area contributed by atoms with Gasteiger partial charge in [-0.3, -0.25) is 9.59 Å². The molecule has 3 aromatic rings. The molecule has 35 heavy (non-hydrogen) atoms. The van der Waals surface area contributed by atoms with Crippen LogP contribution in [0, 0.1) is 0 Å². The molecule has 1 atom stereocenters. The van der Waals surface area contributed by atoms with Crippen molar-refractivity contribution in [3.05, 3.63) is 63.3 Å². The van der Waals surface area contributed by atoms with E-state index in [0.29, 0.717) is 6.07 Å². The number of para-hydroxylation sites is 1. The zero-order valence-corrected chi connectivity index (χ0v) is 19.4. The maximum absolute atomic E-state index is 13.3. The lowest BCUT2D eigenvalue weighted by molar-refractivity contribution is -0.140. The number of carboxylic acid groups (broad SMARTS) is 1. The maximum atomic E-state index is 13.3. The first kappa shape index (κ1) is 26.5. The van der Waals surface area contributed by atoms with Gasteiger partial charge in [0.05, 0.1) is 21.5 Å². The second kappa shape index (κ2) is 10.2. The highest BCUT2D eigenvalue weighted by Crippen LogP contribution is 2.38. The van der Waals surface area contributed by atoms with Crippen LogP contribution in [0.15, 0.2) is 51.7 Å². The third-order valence-corrected chi connectivity index (χ3v) is 6.18. The normalized spacial score (nSPS) is 13.1. The van der Waals surface area contributed by atoms with Crippen LogP contribution in [0.5, 0.6) is 5.75 Å². The number of aliphatic carboxylic acids is 1. The first-order valence-electron chi connectivity index (χ1n) is 9.89. The van der Waals surface area contributed by atoms with Crippen molar-refractivity contribution in [3.63, 3.8) is 0 Å². The van der Waals surface area contributed by atoms with Gasteiger partial charge in [-0.25, -0.2) is 4.72 Å². The lowest BCUT2D eigenvalue weighted by Crippen LogP contribution is -2.49. The van der Waals surface area contributed by atoms with E-state index < -0.39 is 51.7 Å². The van der Waals surface area contributed by atoms with Gasteiger partial charge >= 0.3 is 12.1 Å². The van der Waals surface area contributed by atoms with Gasteiger partial charge in [0.2, 0.25) is 0 Å². The number of carbonyl (C=O) groups is 1. The van der Waals surface area contributed by atoms with Crippen LogP contribution in [0.25, 0.3) is 22.3 Å². The molecule has 0 fully saturated rings. The monoisotopic (exact) mass is 534 g/mol. The van der Waals surface area contributed by atoms with Crippen molar-refractivity contribution in [2.24, 2.45) is 0 Å².